The van der Waals surface area contributed by atoms with Gasteiger partial charge in [0.25, 0.3) is 0 Å². The Hall–Kier alpha value is -1.67. The lowest BCUT2D eigenvalue weighted by atomic mass is 10.1. The summed E-state index contributed by atoms with van der Waals surface area (Å²) in [6.45, 7) is 3.79. The summed E-state index contributed by atoms with van der Waals surface area (Å²) in [5, 5.41) is 24.9. The minimum Gasteiger partial charge on any atom is -0.374 e. The average Bonchev–Trinajstić information content (AvgIpc) is 2.61. The zero-order chi connectivity index (χ0) is 17.4. The van der Waals surface area contributed by atoms with Crippen LogP contribution in [0.2, 0.25) is 5.02 Å². The number of hydrogen-bond donors (Lipinski definition) is 2. The number of morpholine rings is 1. The van der Waals surface area contributed by atoms with Gasteiger partial charge in [-0.15, -0.1) is 0 Å². The van der Waals surface area contributed by atoms with Crippen molar-refractivity contribution in [1.29, 1.82) is 10.5 Å². The van der Waals surface area contributed by atoms with Crippen LogP contribution in [0.25, 0.3) is 0 Å². The van der Waals surface area contributed by atoms with Crippen molar-refractivity contribution in [2.75, 3.05) is 33.3 Å². The number of halogens is 1. The number of hydrogen-bond acceptors (Lipinski definition) is 6. The van der Waals surface area contributed by atoms with Gasteiger partial charge in [-0.25, -0.2) is 0 Å². The zero-order valence-electron chi connectivity index (χ0n) is 13.7. The second-order valence-electron chi connectivity index (χ2n) is 5.76. The van der Waals surface area contributed by atoms with Crippen molar-refractivity contribution >= 4 is 11.6 Å². The second kappa shape index (κ2) is 9.58. The molecule has 2 rings (SSSR count). The van der Waals surface area contributed by atoms with E-state index in [1.165, 1.54) is 5.56 Å². The Balaban J connectivity index is 1.83. The SMILES string of the molecule is CNC(NCC1CN(Cc2ccc(Cl)cc2)CCO1)C(C#N)C#N. The van der Waals surface area contributed by atoms with E-state index in [9.17, 15) is 0 Å². The highest BCUT2D eigenvalue weighted by atomic mass is 35.5. The third kappa shape index (κ3) is 5.45. The number of rotatable bonds is 7. The first-order valence-electron chi connectivity index (χ1n) is 7.94. The molecule has 0 saturated carbocycles. The number of benzene rings is 1. The van der Waals surface area contributed by atoms with Crippen LogP contribution in [-0.2, 0) is 11.3 Å². The molecule has 1 saturated heterocycles. The van der Waals surface area contributed by atoms with Crippen molar-refractivity contribution in [2.24, 2.45) is 5.92 Å². The Kier molecular flexibility index (Phi) is 7.45. The van der Waals surface area contributed by atoms with Gasteiger partial charge in [-0.3, -0.25) is 10.2 Å². The molecule has 2 atom stereocenters. The molecular formula is C17H22ClN5O. The van der Waals surface area contributed by atoms with E-state index in [1.54, 1.807) is 7.05 Å². The van der Waals surface area contributed by atoms with Gasteiger partial charge < -0.3 is 10.1 Å². The molecule has 0 radical (unpaired) electrons. The van der Waals surface area contributed by atoms with E-state index in [1.807, 2.05) is 36.4 Å². The van der Waals surface area contributed by atoms with Gasteiger partial charge in [-0.05, 0) is 24.7 Å². The molecular weight excluding hydrogens is 326 g/mol. The molecule has 0 amide bonds. The van der Waals surface area contributed by atoms with Gasteiger partial charge >= 0.3 is 0 Å². The first-order chi connectivity index (χ1) is 11.7. The van der Waals surface area contributed by atoms with Crippen LogP contribution in [0.15, 0.2) is 24.3 Å². The summed E-state index contributed by atoms with van der Waals surface area (Å²) >= 11 is 5.92. The maximum absolute atomic E-state index is 8.99. The van der Waals surface area contributed by atoms with Gasteiger partial charge in [0.15, 0.2) is 5.92 Å². The molecule has 1 aliphatic rings. The molecule has 1 aromatic carbocycles. The first-order valence-corrected chi connectivity index (χ1v) is 8.32. The zero-order valence-corrected chi connectivity index (χ0v) is 14.5. The normalized spacial score (nSPS) is 19.6. The van der Waals surface area contributed by atoms with Crippen LogP contribution in [0.4, 0.5) is 0 Å². The minimum absolute atomic E-state index is 0.0277. The van der Waals surface area contributed by atoms with Crippen molar-refractivity contribution in [3.8, 4) is 12.1 Å². The van der Waals surface area contributed by atoms with Crippen LogP contribution in [0.3, 0.4) is 0 Å². The van der Waals surface area contributed by atoms with E-state index in [-0.39, 0.29) is 12.3 Å². The largest absolute Gasteiger partial charge is 0.374 e. The summed E-state index contributed by atoms with van der Waals surface area (Å²) in [6.07, 6.45) is -0.338. The Morgan fingerprint density at radius 3 is 2.67 bits per heavy atom. The predicted octanol–water partition coefficient (Wildman–Crippen LogP) is 1.34. The van der Waals surface area contributed by atoms with Crippen LogP contribution < -0.4 is 10.6 Å². The van der Waals surface area contributed by atoms with Crippen molar-refractivity contribution in [3.05, 3.63) is 34.9 Å². The summed E-state index contributed by atoms with van der Waals surface area (Å²) < 4.78 is 5.79. The lowest BCUT2D eigenvalue weighted by Crippen LogP contribution is -2.52. The number of nitrogens with zero attached hydrogens (tertiary/aromatic N) is 3. The topological polar surface area (TPSA) is 84.1 Å². The molecule has 1 aliphatic heterocycles. The van der Waals surface area contributed by atoms with Gasteiger partial charge in [0.05, 0.1) is 31.0 Å². The van der Waals surface area contributed by atoms with Crippen molar-refractivity contribution < 1.29 is 4.74 Å². The Morgan fingerprint density at radius 2 is 2.04 bits per heavy atom. The van der Waals surface area contributed by atoms with E-state index in [0.717, 1.165) is 24.7 Å². The highest BCUT2D eigenvalue weighted by Crippen LogP contribution is 2.14. The van der Waals surface area contributed by atoms with Crippen LogP contribution in [0.1, 0.15) is 5.56 Å². The molecule has 0 spiro atoms. The first kappa shape index (κ1) is 18.7. The third-order valence-electron chi connectivity index (χ3n) is 4.03. The second-order valence-corrected chi connectivity index (χ2v) is 6.20. The Labute approximate surface area is 148 Å². The van der Waals surface area contributed by atoms with E-state index >= 15 is 0 Å². The van der Waals surface area contributed by atoms with Gasteiger partial charge in [-0.1, -0.05) is 23.7 Å². The van der Waals surface area contributed by atoms with Crippen LogP contribution in [0.5, 0.6) is 0 Å². The molecule has 1 fully saturated rings. The molecule has 128 valence electrons. The van der Waals surface area contributed by atoms with E-state index < -0.39 is 5.92 Å². The monoisotopic (exact) mass is 347 g/mol. The van der Waals surface area contributed by atoms with Crippen LogP contribution in [0, 0.1) is 28.6 Å². The summed E-state index contributed by atoms with van der Waals surface area (Å²) in [4.78, 5) is 2.33. The highest BCUT2D eigenvalue weighted by molar-refractivity contribution is 6.30. The molecule has 2 unspecified atom stereocenters. The van der Waals surface area contributed by atoms with Crippen molar-refractivity contribution in [3.63, 3.8) is 0 Å². The lowest BCUT2D eigenvalue weighted by Gasteiger charge is -2.34. The standard InChI is InChI=1S/C17H22ClN5O/c1-21-17(14(8-19)9-20)22-10-16-12-23(6-7-24-16)11-13-2-4-15(18)5-3-13/h2-5,14,16-17,21-22H,6-7,10-12H2,1H3. The van der Waals surface area contributed by atoms with Crippen LogP contribution >= 0.6 is 11.6 Å². The van der Waals surface area contributed by atoms with Gasteiger partial charge in [0, 0.05) is 31.2 Å². The smallest absolute Gasteiger partial charge is 0.161 e. The van der Waals surface area contributed by atoms with E-state index in [4.69, 9.17) is 26.9 Å². The molecule has 0 aromatic heterocycles. The maximum Gasteiger partial charge on any atom is 0.161 e. The molecule has 7 heteroatoms. The molecule has 2 N–H and O–H groups in total. The molecule has 24 heavy (non-hydrogen) atoms. The predicted molar refractivity (Wildman–Crippen MR) is 92.0 cm³/mol. The number of nitriles is 2. The fourth-order valence-electron chi connectivity index (χ4n) is 2.72. The molecule has 1 aromatic rings. The maximum atomic E-state index is 8.99. The fraction of sp³-hybridized carbons (Fsp3) is 0.529. The third-order valence-corrected chi connectivity index (χ3v) is 4.28. The lowest BCUT2D eigenvalue weighted by molar-refractivity contribution is -0.0315. The summed E-state index contributed by atoms with van der Waals surface area (Å²) in [7, 11) is 1.73. The molecule has 6 nitrogen and oxygen atoms in total. The Bertz CT molecular complexity index is 580. The van der Waals surface area contributed by atoms with Gasteiger partial charge in [0.1, 0.15) is 0 Å². The highest BCUT2D eigenvalue weighted by Gasteiger charge is 2.24. The summed E-state index contributed by atoms with van der Waals surface area (Å²) in [6, 6.07) is 11.8. The minimum atomic E-state index is -0.733. The van der Waals surface area contributed by atoms with Gasteiger partial charge in [-0.2, -0.15) is 10.5 Å². The van der Waals surface area contributed by atoms with Crippen molar-refractivity contribution in [2.45, 2.75) is 18.8 Å². The van der Waals surface area contributed by atoms with E-state index in [0.29, 0.717) is 13.2 Å². The number of ether oxygens (including phenoxy) is 1. The van der Waals surface area contributed by atoms with Crippen molar-refractivity contribution in [1.82, 2.24) is 15.5 Å². The quantitative estimate of drug-likeness (QED) is 0.724. The van der Waals surface area contributed by atoms with Crippen LogP contribution in [-0.4, -0.2) is 50.5 Å². The number of nitrogens with one attached hydrogen (secondary N) is 2. The van der Waals surface area contributed by atoms with Gasteiger partial charge in [0.2, 0.25) is 0 Å². The summed E-state index contributed by atoms with van der Waals surface area (Å²) in [5.74, 6) is -0.733. The molecule has 0 aliphatic carbocycles. The molecule has 1 heterocycles. The average molecular weight is 348 g/mol. The fourth-order valence-corrected chi connectivity index (χ4v) is 2.84. The Morgan fingerprint density at radius 1 is 1.33 bits per heavy atom. The van der Waals surface area contributed by atoms with E-state index in [2.05, 4.69) is 15.5 Å². The summed E-state index contributed by atoms with van der Waals surface area (Å²) in [5.41, 5.74) is 1.22. The molecule has 0 bridgehead atoms.